The Labute approximate surface area is 129 Å². The Bertz CT molecular complexity index is 500. The molecule has 22 heavy (non-hydrogen) atoms. The summed E-state index contributed by atoms with van der Waals surface area (Å²) in [6, 6.07) is -0.0293. The molecule has 1 N–H and O–H groups in total. The molecule has 7 heteroatoms. The SMILES string of the molecule is CC(=O)O.O=C(C1CC1)N1CC[C@@]23OCCCN2C(=O)C[C@@H]13. The molecule has 2 atom stereocenters. The molecule has 1 aliphatic carbocycles. The van der Waals surface area contributed by atoms with Gasteiger partial charge in [0.2, 0.25) is 11.8 Å². The lowest BCUT2D eigenvalue weighted by atomic mass is 10.0. The van der Waals surface area contributed by atoms with Crippen LogP contribution in [0.1, 0.15) is 39.0 Å². The molecule has 1 saturated carbocycles. The van der Waals surface area contributed by atoms with Gasteiger partial charge in [-0.25, -0.2) is 0 Å². The first-order valence-corrected chi connectivity index (χ1v) is 7.90. The fourth-order valence-electron chi connectivity index (χ4n) is 3.78. The molecule has 4 fully saturated rings. The van der Waals surface area contributed by atoms with E-state index < -0.39 is 11.7 Å². The molecule has 122 valence electrons. The Morgan fingerprint density at radius 2 is 2.00 bits per heavy atom. The molecule has 0 bridgehead atoms. The summed E-state index contributed by atoms with van der Waals surface area (Å²) in [5.74, 6) is -0.193. The molecule has 0 unspecified atom stereocenters. The third kappa shape index (κ3) is 2.47. The van der Waals surface area contributed by atoms with Gasteiger partial charge in [-0.1, -0.05) is 0 Å². The summed E-state index contributed by atoms with van der Waals surface area (Å²) in [6.07, 6.45) is 4.21. The lowest BCUT2D eigenvalue weighted by molar-refractivity contribution is -0.182. The quantitative estimate of drug-likeness (QED) is 0.759. The molecule has 0 aromatic heterocycles. The van der Waals surface area contributed by atoms with Gasteiger partial charge in [-0.05, 0) is 19.3 Å². The van der Waals surface area contributed by atoms with Crippen LogP contribution in [-0.2, 0) is 19.1 Å². The van der Waals surface area contributed by atoms with Crippen molar-refractivity contribution in [3.8, 4) is 0 Å². The zero-order valence-corrected chi connectivity index (χ0v) is 12.8. The van der Waals surface area contributed by atoms with Gasteiger partial charge in [0.25, 0.3) is 5.97 Å². The van der Waals surface area contributed by atoms with Crippen LogP contribution in [0.5, 0.6) is 0 Å². The highest BCUT2D eigenvalue weighted by Crippen LogP contribution is 2.46. The van der Waals surface area contributed by atoms with E-state index in [0.717, 1.165) is 45.7 Å². The van der Waals surface area contributed by atoms with Crippen molar-refractivity contribution in [2.45, 2.75) is 50.8 Å². The molecule has 3 aliphatic heterocycles. The third-order valence-electron chi connectivity index (χ3n) is 4.82. The first-order chi connectivity index (χ1) is 10.5. The van der Waals surface area contributed by atoms with Crippen LogP contribution >= 0.6 is 0 Å². The van der Waals surface area contributed by atoms with Crippen LogP contribution in [0.3, 0.4) is 0 Å². The number of aliphatic carboxylic acids is 1. The topological polar surface area (TPSA) is 87.2 Å². The average Bonchev–Trinajstić information content (AvgIpc) is 3.19. The van der Waals surface area contributed by atoms with Crippen LogP contribution in [-0.4, -0.2) is 64.2 Å². The zero-order valence-electron chi connectivity index (χ0n) is 12.8. The molecule has 0 aromatic rings. The number of amides is 2. The number of rotatable bonds is 1. The van der Waals surface area contributed by atoms with Gasteiger partial charge in [-0.3, -0.25) is 14.4 Å². The minimum Gasteiger partial charge on any atom is -0.481 e. The molecular formula is C15H22N2O5. The molecule has 2 amide bonds. The number of carbonyl (C=O) groups excluding carboxylic acids is 2. The molecule has 0 radical (unpaired) electrons. The van der Waals surface area contributed by atoms with Crippen LogP contribution in [0.4, 0.5) is 0 Å². The number of hydrogen-bond donors (Lipinski definition) is 1. The standard InChI is InChI=1S/C13H18N2O3.C2H4O2/c16-11-8-10-13(15(11)5-1-7-18-13)4-6-14(10)12(17)9-2-3-9;1-2(3)4/h9-10H,1-8H2;1H3,(H,3,4)/t10-,13+;/m1./s1. The van der Waals surface area contributed by atoms with E-state index in [1.54, 1.807) is 0 Å². The van der Waals surface area contributed by atoms with E-state index in [2.05, 4.69) is 0 Å². The maximum Gasteiger partial charge on any atom is 0.300 e. The first-order valence-electron chi connectivity index (χ1n) is 7.90. The number of hydrogen-bond acceptors (Lipinski definition) is 4. The molecule has 4 aliphatic rings. The highest BCUT2D eigenvalue weighted by Gasteiger charge is 2.62. The number of carboxylic acids is 1. The summed E-state index contributed by atoms with van der Waals surface area (Å²) in [7, 11) is 0. The average molecular weight is 310 g/mol. The first kappa shape index (κ1) is 15.3. The second-order valence-corrected chi connectivity index (χ2v) is 6.39. The Hall–Kier alpha value is -1.63. The van der Waals surface area contributed by atoms with Crippen molar-refractivity contribution >= 4 is 17.8 Å². The fraction of sp³-hybridized carbons (Fsp3) is 0.800. The van der Waals surface area contributed by atoms with E-state index in [1.165, 1.54) is 0 Å². The fourth-order valence-corrected chi connectivity index (χ4v) is 3.78. The van der Waals surface area contributed by atoms with Crippen LogP contribution in [0.15, 0.2) is 0 Å². The number of ether oxygens (including phenoxy) is 1. The van der Waals surface area contributed by atoms with Gasteiger partial charge in [-0.15, -0.1) is 0 Å². The van der Waals surface area contributed by atoms with Crippen molar-refractivity contribution in [2.75, 3.05) is 19.7 Å². The molecule has 1 spiro atoms. The van der Waals surface area contributed by atoms with E-state index in [0.29, 0.717) is 13.0 Å². The summed E-state index contributed by atoms with van der Waals surface area (Å²) >= 11 is 0. The van der Waals surface area contributed by atoms with Crippen LogP contribution < -0.4 is 0 Å². The Kier molecular flexibility index (Phi) is 3.84. The molecule has 3 heterocycles. The second-order valence-electron chi connectivity index (χ2n) is 6.39. The van der Waals surface area contributed by atoms with Crippen LogP contribution in [0.25, 0.3) is 0 Å². The Morgan fingerprint density at radius 3 is 2.64 bits per heavy atom. The third-order valence-corrected chi connectivity index (χ3v) is 4.82. The van der Waals surface area contributed by atoms with Gasteiger partial charge in [-0.2, -0.15) is 0 Å². The Morgan fingerprint density at radius 1 is 1.32 bits per heavy atom. The van der Waals surface area contributed by atoms with E-state index >= 15 is 0 Å². The van der Waals surface area contributed by atoms with Gasteiger partial charge < -0.3 is 19.6 Å². The highest BCUT2D eigenvalue weighted by atomic mass is 16.5. The number of likely N-dealkylation sites (tertiary alicyclic amines) is 1. The van der Waals surface area contributed by atoms with E-state index in [9.17, 15) is 9.59 Å². The van der Waals surface area contributed by atoms with Gasteiger partial charge in [0.05, 0.1) is 19.1 Å². The summed E-state index contributed by atoms with van der Waals surface area (Å²) in [5, 5.41) is 7.42. The summed E-state index contributed by atoms with van der Waals surface area (Å²) in [4.78, 5) is 37.2. The van der Waals surface area contributed by atoms with Crippen molar-refractivity contribution in [1.29, 1.82) is 0 Å². The van der Waals surface area contributed by atoms with Crippen molar-refractivity contribution in [2.24, 2.45) is 5.92 Å². The summed E-state index contributed by atoms with van der Waals surface area (Å²) < 4.78 is 5.98. The van der Waals surface area contributed by atoms with Gasteiger partial charge in [0.15, 0.2) is 5.72 Å². The number of nitrogens with zero attached hydrogens (tertiary/aromatic N) is 2. The van der Waals surface area contributed by atoms with Crippen molar-refractivity contribution in [3.63, 3.8) is 0 Å². The van der Waals surface area contributed by atoms with E-state index in [1.807, 2.05) is 9.80 Å². The summed E-state index contributed by atoms with van der Waals surface area (Å²) in [6.45, 7) is 3.34. The normalized spacial score (nSPS) is 33.0. The van der Waals surface area contributed by atoms with Gasteiger partial charge in [0, 0.05) is 32.4 Å². The monoisotopic (exact) mass is 310 g/mol. The Balaban J connectivity index is 0.000000325. The predicted molar refractivity (Wildman–Crippen MR) is 75.8 cm³/mol. The highest BCUT2D eigenvalue weighted by molar-refractivity contribution is 5.86. The predicted octanol–water partition coefficient (Wildman–Crippen LogP) is 0.437. The van der Waals surface area contributed by atoms with Crippen molar-refractivity contribution in [3.05, 3.63) is 0 Å². The maximum absolute atomic E-state index is 12.3. The molecule has 3 saturated heterocycles. The smallest absolute Gasteiger partial charge is 0.300 e. The van der Waals surface area contributed by atoms with Crippen LogP contribution in [0.2, 0.25) is 0 Å². The molecule has 4 rings (SSSR count). The maximum atomic E-state index is 12.3. The lowest BCUT2D eigenvalue weighted by Gasteiger charge is -2.42. The van der Waals surface area contributed by atoms with Crippen molar-refractivity contribution < 1.29 is 24.2 Å². The minimum absolute atomic E-state index is 0.0293. The van der Waals surface area contributed by atoms with E-state index in [4.69, 9.17) is 14.6 Å². The van der Waals surface area contributed by atoms with Crippen molar-refractivity contribution in [1.82, 2.24) is 9.80 Å². The van der Waals surface area contributed by atoms with Crippen LogP contribution in [0, 0.1) is 5.92 Å². The molecule has 0 aromatic carbocycles. The second kappa shape index (κ2) is 5.53. The molecule has 7 nitrogen and oxygen atoms in total. The minimum atomic E-state index is -0.833. The van der Waals surface area contributed by atoms with Gasteiger partial charge >= 0.3 is 0 Å². The zero-order chi connectivity index (χ0) is 15.9. The molecular weight excluding hydrogens is 288 g/mol. The van der Waals surface area contributed by atoms with E-state index in [-0.39, 0.29) is 23.8 Å². The largest absolute Gasteiger partial charge is 0.481 e. The lowest BCUT2D eigenvalue weighted by Crippen LogP contribution is -2.56. The van der Waals surface area contributed by atoms with Gasteiger partial charge in [0.1, 0.15) is 0 Å². The number of carboxylic acid groups (broad SMARTS) is 1. The number of carbonyl (C=O) groups is 3. The summed E-state index contributed by atoms with van der Waals surface area (Å²) in [5.41, 5.74) is -0.472.